The SMILES string of the molecule is Cc1c2ccn3c(=O)c4ccccc4cc3c2c(C)c2c1[nH]c1ccccc12. The molecular formula is C25H18N2O. The van der Waals surface area contributed by atoms with E-state index in [4.69, 9.17) is 0 Å². The van der Waals surface area contributed by atoms with Gasteiger partial charge in [-0.15, -0.1) is 0 Å². The second-order valence-corrected chi connectivity index (χ2v) is 7.57. The average Bonchev–Trinajstić information content (AvgIpc) is 3.12. The molecule has 0 aliphatic rings. The van der Waals surface area contributed by atoms with E-state index in [1.807, 2.05) is 30.5 Å². The molecule has 0 amide bonds. The Morgan fingerprint density at radius 1 is 0.786 bits per heavy atom. The molecular weight excluding hydrogens is 344 g/mol. The van der Waals surface area contributed by atoms with Crippen molar-refractivity contribution in [2.75, 3.05) is 0 Å². The van der Waals surface area contributed by atoms with Gasteiger partial charge in [0.1, 0.15) is 0 Å². The normalized spacial score (nSPS) is 12.1. The molecule has 0 saturated heterocycles. The van der Waals surface area contributed by atoms with E-state index >= 15 is 0 Å². The first-order chi connectivity index (χ1) is 13.6. The van der Waals surface area contributed by atoms with Crippen LogP contribution >= 0.6 is 0 Å². The molecule has 0 atom stereocenters. The van der Waals surface area contributed by atoms with E-state index in [-0.39, 0.29) is 5.56 Å². The number of aromatic nitrogens is 2. The molecule has 3 heterocycles. The number of fused-ring (bicyclic) bond motifs is 7. The van der Waals surface area contributed by atoms with Crippen LogP contribution in [0.15, 0.2) is 71.7 Å². The largest absolute Gasteiger partial charge is 0.354 e. The van der Waals surface area contributed by atoms with E-state index in [0.29, 0.717) is 0 Å². The molecule has 3 nitrogen and oxygen atoms in total. The van der Waals surface area contributed by atoms with Crippen molar-refractivity contribution >= 4 is 48.9 Å². The fraction of sp³-hybridized carbons (Fsp3) is 0.0800. The zero-order valence-electron chi connectivity index (χ0n) is 15.7. The van der Waals surface area contributed by atoms with Crippen molar-refractivity contribution in [2.24, 2.45) is 0 Å². The lowest BCUT2D eigenvalue weighted by Gasteiger charge is -2.13. The van der Waals surface area contributed by atoms with Crippen LogP contribution in [0.5, 0.6) is 0 Å². The summed E-state index contributed by atoms with van der Waals surface area (Å²) < 4.78 is 1.79. The number of hydrogen-bond donors (Lipinski definition) is 1. The van der Waals surface area contributed by atoms with Gasteiger partial charge in [-0.3, -0.25) is 9.20 Å². The highest BCUT2D eigenvalue weighted by Crippen LogP contribution is 2.38. The Morgan fingerprint density at radius 2 is 1.54 bits per heavy atom. The first-order valence-corrected chi connectivity index (χ1v) is 9.51. The van der Waals surface area contributed by atoms with Crippen LogP contribution in [0.2, 0.25) is 0 Å². The van der Waals surface area contributed by atoms with E-state index in [1.165, 1.54) is 32.8 Å². The first-order valence-electron chi connectivity index (χ1n) is 9.51. The Hall–Kier alpha value is -3.59. The van der Waals surface area contributed by atoms with Crippen LogP contribution in [0.25, 0.3) is 48.9 Å². The van der Waals surface area contributed by atoms with Gasteiger partial charge in [0.15, 0.2) is 0 Å². The number of pyridine rings is 2. The summed E-state index contributed by atoms with van der Waals surface area (Å²) in [5.41, 5.74) is 5.75. The maximum atomic E-state index is 13.1. The maximum absolute atomic E-state index is 13.1. The third-order valence-corrected chi connectivity index (χ3v) is 6.11. The average molecular weight is 362 g/mol. The van der Waals surface area contributed by atoms with Crippen molar-refractivity contribution in [3.05, 3.63) is 88.3 Å². The maximum Gasteiger partial charge on any atom is 0.262 e. The number of nitrogens with zero attached hydrogens (tertiary/aromatic N) is 1. The number of hydrogen-bond acceptors (Lipinski definition) is 1. The van der Waals surface area contributed by atoms with Crippen LogP contribution in [-0.2, 0) is 0 Å². The van der Waals surface area contributed by atoms with Crippen molar-refractivity contribution in [3.63, 3.8) is 0 Å². The molecule has 0 unspecified atom stereocenters. The number of aromatic amines is 1. The molecule has 28 heavy (non-hydrogen) atoms. The zero-order valence-corrected chi connectivity index (χ0v) is 15.7. The summed E-state index contributed by atoms with van der Waals surface area (Å²) in [7, 11) is 0. The van der Waals surface area contributed by atoms with Gasteiger partial charge >= 0.3 is 0 Å². The molecule has 0 spiro atoms. The highest BCUT2D eigenvalue weighted by atomic mass is 16.1. The van der Waals surface area contributed by atoms with Gasteiger partial charge in [-0.25, -0.2) is 0 Å². The monoisotopic (exact) mass is 362 g/mol. The fourth-order valence-electron chi connectivity index (χ4n) is 4.76. The molecule has 0 bridgehead atoms. The van der Waals surface area contributed by atoms with E-state index in [1.54, 1.807) is 4.40 Å². The minimum absolute atomic E-state index is 0.0334. The van der Waals surface area contributed by atoms with Crippen molar-refractivity contribution < 1.29 is 0 Å². The van der Waals surface area contributed by atoms with Crippen LogP contribution < -0.4 is 5.56 Å². The summed E-state index contributed by atoms with van der Waals surface area (Å²) in [4.78, 5) is 16.7. The van der Waals surface area contributed by atoms with Gasteiger partial charge in [-0.05, 0) is 60.0 Å². The molecule has 0 aliphatic heterocycles. The molecule has 3 heteroatoms. The Bertz CT molecular complexity index is 1650. The summed E-state index contributed by atoms with van der Waals surface area (Å²) in [5, 5.41) is 6.55. The minimum atomic E-state index is 0.0334. The summed E-state index contributed by atoms with van der Waals surface area (Å²) in [6, 6.07) is 20.5. The van der Waals surface area contributed by atoms with E-state index < -0.39 is 0 Å². The molecule has 0 aliphatic carbocycles. The van der Waals surface area contributed by atoms with Gasteiger partial charge in [-0.1, -0.05) is 36.4 Å². The van der Waals surface area contributed by atoms with E-state index in [2.05, 4.69) is 55.2 Å². The van der Waals surface area contributed by atoms with Gasteiger partial charge in [-0.2, -0.15) is 0 Å². The van der Waals surface area contributed by atoms with Crippen LogP contribution in [0, 0.1) is 13.8 Å². The quantitative estimate of drug-likeness (QED) is 0.267. The summed E-state index contributed by atoms with van der Waals surface area (Å²) in [6.45, 7) is 4.33. The second-order valence-electron chi connectivity index (χ2n) is 7.57. The molecule has 0 saturated carbocycles. The van der Waals surface area contributed by atoms with Crippen LogP contribution in [0.3, 0.4) is 0 Å². The Labute approximate surface area is 160 Å². The topological polar surface area (TPSA) is 37.3 Å². The summed E-state index contributed by atoms with van der Waals surface area (Å²) in [6.07, 6.45) is 1.91. The molecule has 3 aromatic carbocycles. The van der Waals surface area contributed by atoms with Crippen LogP contribution in [0.1, 0.15) is 11.1 Å². The Balaban J connectivity index is 1.95. The van der Waals surface area contributed by atoms with Gasteiger partial charge in [0.05, 0.1) is 11.0 Å². The Morgan fingerprint density at radius 3 is 2.39 bits per heavy atom. The highest BCUT2D eigenvalue weighted by molar-refractivity contribution is 6.19. The number of aryl methyl sites for hydroxylation is 2. The van der Waals surface area contributed by atoms with E-state index in [0.717, 1.165) is 27.2 Å². The fourth-order valence-corrected chi connectivity index (χ4v) is 4.76. The third-order valence-electron chi connectivity index (χ3n) is 6.11. The van der Waals surface area contributed by atoms with Gasteiger partial charge in [0.2, 0.25) is 0 Å². The second kappa shape index (κ2) is 5.23. The van der Waals surface area contributed by atoms with Crippen LogP contribution in [0.4, 0.5) is 0 Å². The number of benzene rings is 3. The molecule has 1 N–H and O–H groups in total. The van der Waals surface area contributed by atoms with Gasteiger partial charge in [0.25, 0.3) is 5.56 Å². The lowest BCUT2D eigenvalue weighted by Crippen LogP contribution is -2.13. The highest BCUT2D eigenvalue weighted by Gasteiger charge is 2.16. The van der Waals surface area contributed by atoms with Gasteiger partial charge < -0.3 is 4.98 Å². The summed E-state index contributed by atoms with van der Waals surface area (Å²) >= 11 is 0. The molecule has 3 aromatic heterocycles. The first kappa shape index (κ1) is 15.5. The van der Waals surface area contributed by atoms with Gasteiger partial charge in [0, 0.05) is 33.3 Å². The van der Waals surface area contributed by atoms with Crippen molar-refractivity contribution in [1.82, 2.24) is 9.38 Å². The minimum Gasteiger partial charge on any atom is -0.354 e. The predicted octanol–water partition coefficient (Wildman–Crippen LogP) is 5.86. The smallest absolute Gasteiger partial charge is 0.262 e. The molecule has 134 valence electrons. The Kier molecular flexibility index (Phi) is 2.89. The summed E-state index contributed by atoms with van der Waals surface area (Å²) in [5.74, 6) is 0. The lowest BCUT2D eigenvalue weighted by atomic mass is 9.95. The molecule has 0 fully saturated rings. The van der Waals surface area contributed by atoms with Crippen molar-refractivity contribution in [1.29, 1.82) is 0 Å². The van der Waals surface area contributed by atoms with Crippen molar-refractivity contribution in [3.8, 4) is 0 Å². The predicted molar refractivity (Wildman–Crippen MR) is 118 cm³/mol. The lowest BCUT2D eigenvalue weighted by molar-refractivity contribution is 1.13. The van der Waals surface area contributed by atoms with Crippen LogP contribution in [-0.4, -0.2) is 9.38 Å². The third kappa shape index (κ3) is 1.81. The number of nitrogens with one attached hydrogen (secondary N) is 1. The standard InChI is InChI=1S/C25H18N2O/c1-14-17-11-12-27-21(13-16-7-3-4-8-18(16)25(27)28)22(17)15(2)23-19-9-5-6-10-20(19)26-24(14)23/h3-13,26H,1-2H3. The number of H-pyrrole nitrogens is 1. The van der Waals surface area contributed by atoms with E-state index in [9.17, 15) is 4.79 Å². The zero-order chi connectivity index (χ0) is 19.0. The molecule has 6 rings (SSSR count). The number of para-hydroxylation sites is 1. The molecule has 6 aromatic rings. The number of rotatable bonds is 0. The molecule has 0 radical (unpaired) electrons. The van der Waals surface area contributed by atoms with Crippen molar-refractivity contribution in [2.45, 2.75) is 13.8 Å².